The van der Waals surface area contributed by atoms with Crippen molar-refractivity contribution in [3.8, 4) is 0 Å². The second kappa shape index (κ2) is 3.02. The Balaban J connectivity index is 2.94. The van der Waals surface area contributed by atoms with E-state index in [9.17, 15) is 5.11 Å². The minimum atomic E-state index is -0.701. The molecule has 1 atom stereocenters. The molecule has 1 aromatic rings. The zero-order chi connectivity index (χ0) is 8.43. The van der Waals surface area contributed by atoms with Gasteiger partial charge in [-0.05, 0) is 13.8 Å². The summed E-state index contributed by atoms with van der Waals surface area (Å²) in [4.78, 5) is 0. The lowest BCUT2D eigenvalue weighted by atomic mass is 10.1. The molecule has 0 radical (unpaired) electrons. The van der Waals surface area contributed by atoms with Gasteiger partial charge >= 0.3 is 0 Å². The van der Waals surface area contributed by atoms with Crippen molar-refractivity contribution in [2.24, 2.45) is 5.73 Å². The van der Waals surface area contributed by atoms with Gasteiger partial charge in [-0.15, -0.1) is 0 Å². The molecule has 3 N–H and O–H groups in total. The van der Waals surface area contributed by atoms with E-state index in [1.54, 1.807) is 6.92 Å². The molecule has 0 fully saturated rings. The molecule has 0 spiro atoms. The summed E-state index contributed by atoms with van der Waals surface area (Å²) in [7, 11) is 0. The Bertz CT molecular complexity index is 245. The fourth-order valence-electron chi connectivity index (χ4n) is 0.857. The summed E-state index contributed by atoms with van der Waals surface area (Å²) in [5, 5.41) is 13.0. The van der Waals surface area contributed by atoms with E-state index < -0.39 is 6.10 Å². The number of aryl methyl sites for hydroxylation is 1. The summed E-state index contributed by atoms with van der Waals surface area (Å²) in [5.74, 6) is 0.729. The van der Waals surface area contributed by atoms with E-state index in [1.165, 1.54) is 0 Å². The first kappa shape index (κ1) is 8.23. The Morgan fingerprint density at radius 3 is 2.64 bits per heavy atom. The van der Waals surface area contributed by atoms with Gasteiger partial charge in [-0.25, -0.2) is 0 Å². The fourth-order valence-corrected chi connectivity index (χ4v) is 0.857. The van der Waals surface area contributed by atoms with Crippen LogP contribution in [0.15, 0.2) is 4.52 Å². The average Bonchev–Trinajstić information content (AvgIpc) is 2.32. The van der Waals surface area contributed by atoms with Crippen LogP contribution < -0.4 is 5.73 Å². The molecule has 0 saturated heterocycles. The SMILES string of the molecule is Cc1onc(C(O)CN)c1C. The van der Waals surface area contributed by atoms with E-state index in [2.05, 4.69) is 5.16 Å². The van der Waals surface area contributed by atoms with Crippen LogP contribution in [0.4, 0.5) is 0 Å². The van der Waals surface area contributed by atoms with Crippen molar-refractivity contribution in [1.82, 2.24) is 5.16 Å². The Morgan fingerprint density at radius 1 is 1.64 bits per heavy atom. The Labute approximate surface area is 65.0 Å². The Hall–Kier alpha value is -0.870. The average molecular weight is 156 g/mol. The number of aromatic nitrogens is 1. The van der Waals surface area contributed by atoms with Crippen LogP contribution in [-0.2, 0) is 0 Å². The van der Waals surface area contributed by atoms with Gasteiger partial charge in [0.1, 0.15) is 17.6 Å². The minimum Gasteiger partial charge on any atom is -0.385 e. The molecule has 0 aromatic carbocycles. The van der Waals surface area contributed by atoms with Crippen molar-refractivity contribution in [3.63, 3.8) is 0 Å². The molecule has 1 rings (SSSR count). The first-order chi connectivity index (χ1) is 5.16. The molecule has 62 valence electrons. The van der Waals surface area contributed by atoms with Crippen LogP contribution in [0, 0.1) is 13.8 Å². The quantitative estimate of drug-likeness (QED) is 0.645. The summed E-state index contributed by atoms with van der Waals surface area (Å²) >= 11 is 0. The van der Waals surface area contributed by atoms with Gasteiger partial charge in [0.2, 0.25) is 0 Å². The van der Waals surface area contributed by atoms with Crippen molar-refractivity contribution in [2.45, 2.75) is 20.0 Å². The van der Waals surface area contributed by atoms with Crippen LogP contribution >= 0.6 is 0 Å². The highest BCUT2D eigenvalue weighted by atomic mass is 16.5. The number of hydrogen-bond acceptors (Lipinski definition) is 4. The minimum absolute atomic E-state index is 0.173. The predicted octanol–water partition coefficient (Wildman–Crippen LogP) is 0.284. The van der Waals surface area contributed by atoms with E-state index in [1.807, 2.05) is 6.92 Å². The van der Waals surface area contributed by atoms with Gasteiger partial charge in [0.05, 0.1) is 0 Å². The zero-order valence-electron chi connectivity index (χ0n) is 6.66. The zero-order valence-corrected chi connectivity index (χ0v) is 6.66. The van der Waals surface area contributed by atoms with E-state index in [0.29, 0.717) is 5.69 Å². The maximum absolute atomic E-state index is 9.28. The topological polar surface area (TPSA) is 72.3 Å². The van der Waals surface area contributed by atoms with Crippen LogP contribution in [-0.4, -0.2) is 16.8 Å². The smallest absolute Gasteiger partial charge is 0.136 e. The van der Waals surface area contributed by atoms with Crippen molar-refractivity contribution in [3.05, 3.63) is 17.0 Å². The second-order valence-electron chi connectivity index (χ2n) is 2.50. The number of aliphatic hydroxyl groups is 1. The Kier molecular flexibility index (Phi) is 2.26. The third kappa shape index (κ3) is 1.41. The number of rotatable bonds is 2. The molecule has 0 saturated carbocycles. The molecule has 4 nitrogen and oxygen atoms in total. The number of hydrogen-bond donors (Lipinski definition) is 2. The number of aliphatic hydroxyl groups excluding tert-OH is 1. The lowest BCUT2D eigenvalue weighted by Gasteiger charge is -2.02. The van der Waals surface area contributed by atoms with Gasteiger partial charge in [-0.3, -0.25) is 0 Å². The normalized spacial score (nSPS) is 13.5. The van der Waals surface area contributed by atoms with Crippen molar-refractivity contribution >= 4 is 0 Å². The second-order valence-corrected chi connectivity index (χ2v) is 2.50. The summed E-state index contributed by atoms with van der Waals surface area (Å²) in [5.41, 5.74) is 6.67. The van der Waals surface area contributed by atoms with Crippen molar-refractivity contribution in [2.75, 3.05) is 6.54 Å². The highest BCUT2D eigenvalue weighted by molar-refractivity contribution is 5.21. The third-order valence-electron chi connectivity index (χ3n) is 1.73. The van der Waals surface area contributed by atoms with E-state index in [0.717, 1.165) is 11.3 Å². The highest BCUT2D eigenvalue weighted by Gasteiger charge is 2.14. The van der Waals surface area contributed by atoms with Gasteiger partial charge in [0.25, 0.3) is 0 Å². The maximum Gasteiger partial charge on any atom is 0.136 e. The first-order valence-corrected chi connectivity index (χ1v) is 3.47. The third-order valence-corrected chi connectivity index (χ3v) is 1.73. The summed E-state index contributed by atoms with van der Waals surface area (Å²) < 4.78 is 4.85. The van der Waals surface area contributed by atoms with Gasteiger partial charge in [-0.1, -0.05) is 5.16 Å². The van der Waals surface area contributed by atoms with Crippen LogP contribution in [0.2, 0.25) is 0 Å². The molecule has 1 aromatic heterocycles. The van der Waals surface area contributed by atoms with Gasteiger partial charge in [0.15, 0.2) is 0 Å². The van der Waals surface area contributed by atoms with Crippen molar-refractivity contribution in [1.29, 1.82) is 0 Å². The molecule has 11 heavy (non-hydrogen) atoms. The molecule has 0 amide bonds. The summed E-state index contributed by atoms with van der Waals surface area (Å²) in [6.07, 6.45) is -0.701. The molecular formula is C7H12N2O2. The molecule has 1 heterocycles. The van der Waals surface area contributed by atoms with Crippen LogP contribution in [0.5, 0.6) is 0 Å². The largest absolute Gasteiger partial charge is 0.385 e. The maximum atomic E-state index is 9.28. The number of nitrogens with zero attached hydrogens (tertiary/aromatic N) is 1. The van der Waals surface area contributed by atoms with E-state index in [4.69, 9.17) is 10.3 Å². The highest BCUT2D eigenvalue weighted by Crippen LogP contribution is 2.17. The number of nitrogens with two attached hydrogens (primary N) is 1. The molecular weight excluding hydrogens is 144 g/mol. The van der Waals surface area contributed by atoms with Crippen LogP contribution in [0.3, 0.4) is 0 Å². The summed E-state index contributed by atoms with van der Waals surface area (Å²) in [6.45, 7) is 3.82. The van der Waals surface area contributed by atoms with Crippen LogP contribution in [0.25, 0.3) is 0 Å². The monoisotopic (exact) mass is 156 g/mol. The molecule has 0 bridgehead atoms. The van der Waals surface area contributed by atoms with E-state index >= 15 is 0 Å². The fraction of sp³-hybridized carbons (Fsp3) is 0.571. The van der Waals surface area contributed by atoms with Gasteiger partial charge in [0, 0.05) is 12.1 Å². The molecule has 0 aliphatic carbocycles. The standard InChI is InChI=1S/C7H12N2O2/c1-4-5(2)11-9-7(4)6(10)3-8/h6,10H,3,8H2,1-2H3. The molecule has 0 aliphatic heterocycles. The molecule has 4 heteroatoms. The Morgan fingerprint density at radius 2 is 2.27 bits per heavy atom. The van der Waals surface area contributed by atoms with Crippen molar-refractivity contribution < 1.29 is 9.63 Å². The predicted molar refractivity (Wildman–Crippen MR) is 40.0 cm³/mol. The summed E-state index contributed by atoms with van der Waals surface area (Å²) in [6, 6.07) is 0. The van der Waals surface area contributed by atoms with Gasteiger partial charge < -0.3 is 15.4 Å². The molecule has 0 aliphatic rings. The van der Waals surface area contributed by atoms with E-state index in [-0.39, 0.29) is 6.54 Å². The first-order valence-electron chi connectivity index (χ1n) is 3.47. The van der Waals surface area contributed by atoms with Crippen LogP contribution in [0.1, 0.15) is 23.1 Å². The lowest BCUT2D eigenvalue weighted by molar-refractivity contribution is 0.175. The van der Waals surface area contributed by atoms with Gasteiger partial charge in [-0.2, -0.15) is 0 Å². The lowest BCUT2D eigenvalue weighted by Crippen LogP contribution is -2.12. The molecule has 1 unspecified atom stereocenters.